The third-order valence-electron chi connectivity index (χ3n) is 3.26. The highest BCUT2D eigenvalue weighted by Gasteiger charge is 2.16. The van der Waals surface area contributed by atoms with Crippen molar-refractivity contribution in [3.8, 4) is 0 Å². The van der Waals surface area contributed by atoms with E-state index in [1.54, 1.807) is 11.3 Å². The van der Waals surface area contributed by atoms with Gasteiger partial charge in [-0.05, 0) is 25.5 Å². The van der Waals surface area contributed by atoms with E-state index in [1.165, 1.54) is 4.88 Å². The molecule has 6 heteroatoms. The molecule has 0 aromatic carbocycles. The minimum Gasteiger partial charge on any atom is -0.378 e. The van der Waals surface area contributed by atoms with Crippen LogP contribution in [0.4, 0.5) is 0 Å². The van der Waals surface area contributed by atoms with Crippen molar-refractivity contribution in [2.75, 3.05) is 46.9 Å². The van der Waals surface area contributed by atoms with Crippen molar-refractivity contribution in [3.05, 3.63) is 22.4 Å². The smallest absolute Gasteiger partial charge is 0.191 e. The number of aliphatic imine (C=N–C) groups is 1. The topological polar surface area (TPSA) is 54.1 Å². The predicted octanol–water partition coefficient (Wildman–Crippen LogP) is 0.998. The van der Waals surface area contributed by atoms with Crippen molar-refractivity contribution in [3.63, 3.8) is 0 Å². The van der Waals surface area contributed by atoms with Gasteiger partial charge in [-0.1, -0.05) is 6.07 Å². The van der Waals surface area contributed by atoms with Gasteiger partial charge in [-0.3, -0.25) is 4.99 Å². The summed E-state index contributed by atoms with van der Waals surface area (Å²) in [5.74, 6) is 0.631. The predicted molar refractivity (Wildman–Crippen MR) is 79.6 cm³/mol. The van der Waals surface area contributed by atoms with Crippen LogP contribution in [0, 0.1) is 0 Å². The Kier molecular flexibility index (Phi) is 5.18. The molecule has 106 valence electrons. The van der Waals surface area contributed by atoms with Crippen molar-refractivity contribution < 1.29 is 4.74 Å². The quantitative estimate of drug-likeness (QED) is 0.661. The van der Waals surface area contributed by atoms with Gasteiger partial charge in [0.15, 0.2) is 5.96 Å². The minimum atomic E-state index is 0.291. The average molecular weight is 282 g/mol. The Labute approximate surface area is 118 Å². The van der Waals surface area contributed by atoms with Crippen molar-refractivity contribution in [2.45, 2.75) is 6.04 Å². The highest BCUT2D eigenvalue weighted by atomic mass is 32.1. The van der Waals surface area contributed by atoms with Crippen LogP contribution in [0.1, 0.15) is 10.9 Å². The Hall–Kier alpha value is -1.11. The van der Waals surface area contributed by atoms with E-state index in [1.807, 2.05) is 0 Å². The molecule has 2 heterocycles. The Morgan fingerprint density at radius 3 is 2.84 bits per heavy atom. The molecular formula is C13H22N4OS. The second kappa shape index (κ2) is 6.88. The molecule has 0 amide bonds. The third kappa shape index (κ3) is 3.92. The lowest BCUT2D eigenvalue weighted by Gasteiger charge is -2.28. The molecule has 1 fully saturated rings. The molecule has 1 aliphatic heterocycles. The lowest BCUT2D eigenvalue weighted by Crippen LogP contribution is -2.45. The van der Waals surface area contributed by atoms with Crippen LogP contribution in [0.5, 0.6) is 0 Å². The molecule has 0 radical (unpaired) electrons. The summed E-state index contributed by atoms with van der Waals surface area (Å²) >= 11 is 1.76. The molecule has 1 aliphatic rings. The largest absolute Gasteiger partial charge is 0.378 e. The van der Waals surface area contributed by atoms with Crippen molar-refractivity contribution >= 4 is 17.3 Å². The first-order valence-corrected chi connectivity index (χ1v) is 7.39. The Morgan fingerprint density at radius 1 is 1.53 bits per heavy atom. The summed E-state index contributed by atoms with van der Waals surface area (Å²) in [4.78, 5) is 10.1. The van der Waals surface area contributed by atoms with Gasteiger partial charge in [-0.15, -0.1) is 11.3 Å². The Balaban J connectivity index is 1.97. The highest BCUT2D eigenvalue weighted by Crippen LogP contribution is 2.23. The number of thiophene rings is 1. The molecule has 1 unspecified atom stereocenters. The standard InChI is InChI=1S/C13H22N4OS/c1-16(2)11(12-4-3-9-19-12)10-15-13(14)17-5-7-18-8-6-17/h3-4,9,11H,5-8,10H2,1-2H3,(H2,14,15). The van der Waals surface area contributed by atoms with E-state index in [9.17, 15) is 0 Å². The van der Waals surface area contributed by atoms with E-state index >= 15 is 0 Å². The molecule has 1 aromatic heterocycles. The van der Waals surface area contributed by atoms with Gasteiger partial charge in [0.25, 0.3) is 0 Å². The van der Waals surface area contributed by atoms with Crippen molar-refractivity contribution in [2.24, 2.45) is 10.7 Å². The number of hydrogen-bond donors (Lipinski definition) is 1. The number of nitrogens with zero attached hydrogens (tertiary/aromatic N) is 3. The second-order valence-corrected chi connectivity index (χ2v) is 5.77. The summed E-state index contributed by atoms with van der Waals surface area (Å²) in [5.41, 5.74) is 6.06. The first-order chi connectivity index (χ1) is 9.18. The van der Waals surface area contributed by atoms with Gasteiger partial charge in [-0.25, -0.2) is 0 Å². The zero-order valence-electron chi connectivity index (χ0n) is 11.6. The Bertz CT molecular complexity index is 399. The highest BCUT2D eigenvalue weighted by molar-refractivity contribution is 7.10. The number of nitrogens with two attached hydrogens (primary N) is 1. The summed E-state index contributed by atoms with van der Waals surface area (Å²) in [6, 6.07) is 4.51. The van der Waals surface area contributed by atoms with Crippen LogP contribution in [0.25, 0.3) is 0 Å². The molecule has 2 rings (SSSR count). The van der Waals surface area contributed by atoms with Gasteiger partial charge >= 0.3 is 0 Å². The van der Waals surface area contributed by atoms with Crippen LogP contribution < -0.4 is 5.73 Å². The van der Waals surface area contributed by atoms with Gasteiger partial charge in [0.1, 0.15) is 0 Å². The molecule has 0 bridgehead atoms. The average Bonchev–Trinajstić information content (AvgIpc) is 2.93. The van der Waals surface area contributed by atoms with Crippen LogP contribution in [0.15, 0.2) is 22.5 Å². The summed E-state index contributed by atoms with van der Waals surface area (Å²) in [5, 5.41) is 2.10. The maximum Gasteiger partial charge on any atom is 0.191 e. The fraction of sp³-hybridized carbons (Fsp3) is 0.615. The molecule has 19 heavy (non-hydrogen) atoms. The first kappa shape index (κ1) is 14.3. The number of guanidine groups is 1. The summed E-state index contributed by atoms with van der Waals surface area (Å²) in [6.07, 6.45) is 0. The number of hydrogen-bond acceptors (Lipinski definition) is 4. The van der Waals surface area contributed by atoms with Gasteiger partial charge in [-0.2, -0.15) is 0 Å². The van der Waals surface area contributed by atoms with Gasteiger partial charge in [0, 0.05) is 18.0 Å². The van der Waals surface area contributed by atoms with E-state index in [2.05, 4.69) is 46.4 Å². The number of rotatable bonds is 4. The number of ether oxygens (including phenoxy) is 1. The molecule has 0 aliphatic carbocycles. The molecule has 1 atom stereocenters. The minimum absolute atomic E-state index is 0.291. The van der Waals surface area contributed by atoms with Crippen molar-refractivity contribution in [1.82, 2.24) is 9.80 Å². The van der Waals surface area contributed by atoms with Gasteiger partial charge in [0.05, 0.1) is 25.8 Å². The number of morpholine rings is 1. The van der Waals surface area contributed by atoms with Crippen LogP contribution in [0.3, 0.4) is 0 Å². The third-order valence-corrected chi connectivity index (χ3v) is 4.23. The number of likely N-dealkylation sites (N-methyl/N-ethyl adjacent to an activating group) is 1. The lowest BCUT2D eigenvalue weighted by atomic mass is 10.2. The van der Waals surface area contributed by atoms with Crippen LogP contribution in [-0.4, -0.2) is 62.7 Å². The molecular weight excluding hydrogens is 260 g/mol. The summed E-state index contributed by atoms with van der Waals surface area (Å²) in [6.45, 7) is 3.83. The molecule has 2 N–H and O–H groups in total. The van der Waals surface area contributed by atoms with Crippen LogP contribution >= 0.6 is 11.3 Å². The van der Waals surface area contributed by atoms with E-state index in [4.69, 9.17) is 10.5 Å². The second-order valence-electron chi connectivity index (χ2n) is 4.79. The fourth-order valence-electron chi connectivity index (χ4n) is 2.06. The SMILES string of the molecule is CN(C)C(CN=C(N)N1CCOCC1)c1cccs1. The van der Waals surface area contributed by atoms with Crippen LogP contribution in [0.2, 0.25) is 0 Å². The molecule has 0 saturated carbocycles. The fourth-order valence-corrected chi connectivity index (χ4v) is 2.97. The zero-order valence-corrected chi connectivity index (χ0v) is 12.4. The van der Waals surface area contributed by atoms with E-state index < -0.39 is 0 Å². The normalized spacial score (nSPS) is 18.9. The van der Waals surface area contributed by atoms with E-state index in [0.717, 1.165) is 26.3 Å². The zero-order chi connectivity index (χ0) is 13.7. The van der Waals surface area contributed by atoms with E-state index in [-0.39, 0.29) is 0 Å². The monoisotopic (exact) mass is 282 g/mol. The summed E-state index contributed by atoms with van der Waals surface area (Å²) in [7, 11) is 4.15. The van der Waals surface area contributed by atoms with Crippen LogP contribution in [-0.2, 0) is 4.74 Å². The maximum atomic E-state index is 6.06. The van der Waals surface area contributed by atoms with Gasteiger partial charge in [0.2, 0.25) is 0 Å². The van der Waals surface area contributed by atoms with E-state index in [0.29, 0.717) is 18.5 Å². The molecule has 1 saturated heterocycles. The summed E-state index contributed by atoms with van der Waals surface area (Å²) < 4.78 is 5.31. The molecule has 1 aromatic rings. The molecule has 5 nitrogen and oxygen atoms in total. The van der Waals surface area contributed by atoms with Gasteiger partial charge < -0.3 is 20.3 Å². The first-order valence-electron chi connectivity index (χ1n) is 6.51. The molecule has 0 spiro atoms. The maximum absolute atomic E-state index is 6.06. The lowest BCUT2D eigenvalue weighted by molar-refractivity contribution is 0.0673. The Morgan fingerprint density at radius 2 is 2.26 bits per heavy atom. The van der Waals surface area contributed by atoms with Crippen molar-refractivity contribution in [1.29, 1.82) is 0 Å².